The van der Waals surface area contributed by atoms with Gasteiger partial charge in [0.25, 0.3) is 5.56 Å². The van der Waals surface area contributed by atoms with E-state index in [0.29, 0.717) is 47.2 Å². The number of phenols is 1. The van der Waals surface area contributed by atoms with Crippen LogP contribution in [0.2, 0.25) is 0 Å². The van der Waals surface area contributed by atoms with Crippen molar-refractivity contribution in [3.8, 4) is 28.2 Å². The minimum Gasteiger partial charge on any atom is -0.508 e. The first-order valence-electron chi connectivity index (χ1n) is 19.0. The van der Waals surface area contributed by atoms with Crippen LogP contribution in [0.1, 0.15) is 55.1 Å². The van der Waals surface area contributed by atoms with Crippen molar-refractivity contribution in [3.05, 3.63) is 103 Å². The molecular weight excluding hydrogens is 878 g/mol. The standard InChI is InChI=1S/C38H42N4O17P2S/c43-22-8-11-25-28(18-22)57-29-19-23(44)9-12-26(29)32(25)24-10-7-21(17-27(24)36(48)49)40-37(62)39-14-5-3-1-2-4-6-16-55-60(51,52)59-61(53,54)56-20-30-33(46)34(47)35(58-30)42-15-13-31(45)41-38(42)50/h7-13,15,17-19,30,33-35,43,46-47H,1-6,14,16,20H2,(H,48,49)(H,51,52)(H,53,54)(H2,39,40,62)(H,41,45,50)/t30-,33-,34-,35-/m1/s1. The molecule has 6 rings (SSSR count). The summed E-state index contributed by atoms with van der Waals surface area (Å²) in [6, 6.07) is 14.4. The van der Waals surface area contributed by atoms with E-state index in [9.17, 15) is 58.5 Å². The number of phenolic OH excluding ortho intramolecular Hbond substituents is 1. The Labute approximate surface area is 356 Å². The molecule has 1 saturated heterocycles. The molecule has 1 aliphatic carbocycles. The maximum Gasteiger partial charge on any atom is 0.481 e. The Bertz CT molecular complexity index is 2690. The normalized spacial score (nSPS) is 19.5. The van der Waals surface area contributed by atoms with E-state index >= 15 is 0 Å². The van der Waals surface area contributed by atoms with Crippen LogP contribution in [0.25, 0.3) is 33.4 Å². The van der Waals surface area contributed by atoms with Crippen molar-refractivity contribution >= 4 is 55.6 Å². The number of aromatic hydroxyl groups is 1. The van der Waals surface area contributed by atoms with Gasteiger partial charge in [-0.25, -0.2) is 18.7 Å². The number of aromatic nitrogens is 2. The van der Waals surface area contributed by atoms with Gasteiger partial charge in [0.2, 0.25) is 0 Å². The van der Waals surface area contributed by atoms with Crippen molar-refractivity contribution in [1.29, 1.82) is 0 Å². The van der Waals surface area contributed by atoms with Crippen LogP contribution in [0, 0.1) is 0 Å². The molecule has 0 bridgehead atoms. The summed E-state index contributed by atoms with van der Waals surface area (Å²) in [6.45, 7) is -0.674. The van der Waals surface area contributed by atoms with E-state index in [-0.39, 0.29) is 39.8 Å². The van der Waals surface area contributed by atoms with Crippen LogP contribution in [-0.4, -0.2) is 88.9 Å². The number of phosphoric acid groups is 2. The van der Waals surface area contributed by atoms with E-state index in [1.165, 1.54) is 30.3 Å². The van der Waals surface area contributed by atoms with Gasteiger partial charge in [0.05, 0.1) is 18.8 Å². The van der Waals surface area contributed by atoms with Gasteiger partial charge in [-0.2, -0.15) is 4.31 Å². The summed E-state index contributed by atoms with van der Waals surface area (Å²) < 4.78 is 50.4. The molecule has 1 aromatic heterocycles. The molecule has 0 amide bonds. The van der Waals surface area contributed by atoms with Crippen LogP contribution in [0.5, 0.6) is 5.75 Å². The number of carboxylic acid groups (broad SMARTS) is 1. The van der Waals surface area contributed by atoms with Crippen LogP contribution in [-0.2, 0) is 27.2 Å². The molecule has 0 radical (unpaired) electrons. The lowest BCUT2D eigenvalue weighted by Gasteiger charge is -2.19. The molecule has 2 aromatic carbocycles. The Morgan fingerprint density at radius 1 is 0.871 bits per heavy atom. The van der Waals surface area contributed by atoms with Crippen molar-refractivity contribution < 1.29 is 66.6 Å². The maximum atomic E-state index is 12.5. The van der Waals surface area contributed by atoms with Crippen LogP contribution in [0.15, 0.2) is 85.7 Å². The number of benzene rings is 3. The average Bonchev–Trinajstić information content (AvgIpc) is 3.48. The lowest BCUT2D eigenvalue weighted by atomic mass is 9.90. The fourth-order valence-corrected chi connectivity index (χ4v) is 9.06. The van der Waals surface area contributed by atoms with Gasteiger partial charge in [0.15, 0.2) is 16.8 Å². The van der Waals surface area contributed by atoms with Gasteiger partial charge < -0.3 is 50.0 Å². The first-order chi connectivity index (χ1) is 29.4. The molecule has 24 heteroatoms. The van der Waals surface area contributed by atoms with Crippen LogP contribution >= 0.6 is 27.9 Å². The number of nitrogens with one attached hydrogen (secondary N) is 3. The molecule has 0 saturated carbocycles. The molecule has 21 nitrogen and oxygen atoms in total. The van der Waals surface area contributed by atoms with Crippen molar-refractivity contribution in [1.82, 2.24) is 14.9 Å². The van der Waals surface area contributed by atoms with Gasteiger partial charge in [0.1, 0.15) is 35.4 Å². The number of unbranched alkanes of at least 4 members (excludes halogenated alkanes) is 5. The number of ether oxygens (including phenoxy) is 1. The van der Waals surface area contributed by atoms with Gasteiger partial charge >= 0.3 is 27.3 Å². The second kappa shape index (κ2) is 20.0. The van der Waals surface area contributed by atoms with Crippen LogP contribution in [0.3, 0.4) is 0 Å². The Hall–Kier alpha value is -5.09. The molecule has 62 heavy (non-hydrogen) atoms. The minimum absolute atomic E-state index is 0.0387. The highest BCUT2D eigenvalue weighted by atomic mass is 32.1. The summed E-state index contributed by atoms with van der Waals surface area (Å²) in [7, 11) is -10.3. The molecule has 3 aromatic rings. The number of H-pyrrole nitrogens is 1. The summed E-state index contributed by atoms with van der Waals surface area (Å²) in [4.78, 5) is 69.8. The van der Waals surface area contributed by atoms with Crippen molar-refractivity contribution in [2.75, 3.05) is 25.1 Å². The summed E-state index contributed by atoms with van der Waals surface area (Å²) >= 11 is 5.42. The summed E-state index contributed by atoms with van der Waals surface area (Å²) in [6.07, 6.45) is -1.40. The number of thiocarbonyl (C=S) groups is 1. The number of aromatic amines is 1. The second-order valence-electron chi connectivity index (χ2n) is 14.1. The van der Waals surface area contributed by atoms with Gasteiger partial charge in [-0.05, 0) is 67.0 Å². The molecule has 6 atom stereocenters. The van der Waals surface area contributed by atoms with Gasteiger partial charge in [-0.15, -0.1) is 0 Å². The first kappa shape index (κ1) is 46.4. The summed E-state index contributed by atoms with van der Waals surface area (Å²) in [5.41, 5.74) is 0.0768. The molecule has 3 aliphatic rings. The fraction of sp³-hybridized carbons (Fsp3) is 0.342. The van der Waals surface area contributed by atoms with E-state index in [2.05, 4.69) is 19.5 Å². The predicted molar refractivity (Wildman–Crippen MR) is 225 cm³/mol. The number of nitrogens with zero attached hydrogens (tertiary/aromatic N) is 1. The zero-order valence-electron chi connectivity index (χ0n) is 32.4. The first-order valence-corrected chi connectivity index (χ1v) is 22.4. The quantitative estimate of drug-likeness (QED) is 0.0244. The zero-order valence-corrected chi connectivity index (χ0v) is 35.1. The number of aliphatic hydroxyl groups excluding tert-OH is 2. The lowest BCUT2D eigenvalue weighted by molar-refractivity contribution is -0.0543. The van der Waals surface area contributed by atoms with Crippen molar-refractivity contribution in [2.24, 2.45) is 0 Å². The number of fused-ring (bicyclic) bond motifs is 2. The molecular formula is C38H42N4O17P2S. The Morgan fingerprint density at radius 3 is 2.32 bits per heavy atom. The molecule has 9 N–H and O–H groups in total. The Morgan fingerprint density at radius 2 is 1.58 bits per heavy atom. The molecule has 3 heterocycles. The number of hydrogen-bond acceptors (Lipinski definition) is 15. The van der Waals surface area contributed by atoms with Gasteiger partial charge in [0, 0.05) is 53.1 Å². The largest absolute Gasteiger partial charge is 0.508 e. The molecule has 0 spiro atoms. The highest BCUT2D eigenvalue weighted by molar-refractivity contribution is 7.80. The van der Waals surface area contributed by atoms with Gasteiger partial charge in [-0.1, -0.05) is 31.7 Å². The van der Waals surface area contributed by atoms with E-state index < -0.39 is 64.0 Å². The third-order valence-electron chi connectivity index (χ3n) is 9.64. The molecule has 2 aliphatic heterocycles. The van der Waals surface area contributed by atoms with E-state index in [4.69, 9.17) is 25.9 Å². The third-order valence-corrected chi connectivity index (χ3v) is 12.5. The molecule has 2 unspecified atom stereocenters. The highest BCUT2D eigenvalue weighted by Gasteiger charge is 2.46. The fourth-order valence-electron chi connectivity index (χ4n) is 6.73. The maximum absolute atomic E-state index is 12.5. The van der Waals surface area contributed by atoms with Gasteiger partial charge in [-0.3, -0.25) is 28.2 Å². The van der Waals surface area contributed by atoms with Crippen molar-refractivity contribution in [2.45, 2.75) is 63.1 Å². The Kier molecular flexibility index (Phi) is 14.9. The highest BCUT2D eigenvalue weighted by Crippen LogP contribution is 2.60. The summed E-state index contributed by atoms with van der Waals surface area (Å²) in [5.74, 6) is -1.03. The summed E-state index contributed by atoms with van der Waals surface area (Å²) in [5, 5.41) is 47.7. The third kappa shape index (κ3) is 11.7. The zero-order chi connectivity index (χ0) is 44.8. The number of phosphoric ester groups is 2. The molecule has 332 valence electrons. The molecule has 1 fully saturated rings. The van der Waals surface area contributed by atoms with Crippen LogP contribution in [0.4, 0.5) is 5.69 Å². The smallest absolute Gasteiger partial charge is 0.481 e. The number of hydrogen-bond donors (Lipinski definition) is 9. The average molecular weight is 921 g/mol. The number of aliphatic hydroxyl groups is 2. The van der Waals surface area contributed by atoms with E-state index in [1.807, 2.05) is 4.98 Å². The lowest BCUT2D eigenvalue weighted by Crippen LogP contribution is -2.37. The van der Waals surface area contributed by atoms with Crippen LogP contribution < -0.4 is 27.3 Å². The monoisotopic (exact) mass is 920 g/mol. The van der Waals surface area contributed by atoms with E-state index in [0.717, 1.165) is 42.5 Å². The Balaban J connectivity index is 0.885. The SMILES string of the molecule is O=C(O)c1cc(NC(=S)NCCCCCCCCOP(=O)(O)OP(=O)(O)OC[C@H]2O[C@@H](n3ccc(=O)[nH]c3=O)[C@H](O)[C@@H]2O)ccc1-c1c2ccc(=O)cc-2oc2cc(O)ccc12. The predicted octanol–water partition coefficient (Wildman–Crippen LogP) is 4.02. The van der Waals surface area contributed by atoms with Crippen molar-refractivity contribution in [3.63, 3.8) is 0 Å². The minimum atomic E-state index is -5.25. The number of aromatic carboxylic acids is 1. The number of anilines is 1. The number of carboxylic acids is 1. The number of carbonyl (C=O) groups is 1. The number of rotatable bonds is 19. The van der Waals surface area contributed by atoms with E-state index in [1.54, 1.807) is 24.3 Å². The topological polar surface area (TPSA) is 319 Å². The second-order valence-corrected chi connectivity index (χ2v) is 17.5.